The van der Waals surface area contributed by atoms with Gasteiger partial charge in [0.2, 0.25) is 0 Å². The Bertz CT molecular complexity index is 1770. The van der Waals surface area contributed by atoms with E-state index in [1.165, 1.54) is 11.3 Å². The van der Waals surface area contributed by atoms with Crippen molar-refractivity contribution < 1.29 is 23.7 Å². The molecule has 0 aliphatic carbocycles. The first-order valence-electron chi connectivity index (χ1n) is 13.2. The van der Waals surface area contributed by atoms with Crippen LogP contribution in [-0.4, -0.2) is 38.0 Å². The summed E-state index contributed by atoms with van der Waals surface area (Å²) in [7, 11) is 3.16. The maximum Gasteiger partial charge on any atom is 0.338 e. The van der Waals surface area contributed by atoms with Crippen molar-refractivity contribution in [2.45, 2.75) is 19.9 Å². The molecule has 3 aromatic carbocycles. The van der Waals surface area contributed by atoms with Crippen LogP contribution in [0.4, 0.5) is 0 Å². The molecule has 8 nitrogen and oxygen atoms in total. The van der Waals surface area contributed by atoms with E-state index in [-0.39, 0.29) is 12.2 Å². The zero-order chi connectivity index (χ0) is 28.9. The molecule has 210 valence electrons. The minimum absolute atomic E-state index is 0.181. The summed E-state index contributed by atoms with van der Waals surface area (Å²) in [6, 6.07) is 21.5. The third kappa shape index (κ3) is 5.40. The van der Waals surface area contributed by atoms with Crippen molar-refractivity contribution in [1.82, 2.24) is 4.57 Å². The van der Waals surface area contributed by atoms with Gasteiger partial charge in [-0.25, -0.2) is 9.79 Å². The Balaban J connectivity index is 1.81. The van der Waals surface area contributed by atoms with Crippen molar-refractivity contribution in [2.75, 3.05) is 27.4 Å². The molecular weight excluding hydrogens is 540 g/mol. The van der Waals surface area contributed by atoms with Gasteiger partial charge in [-0.3, -0.25) is 9.36 Å². The van der Waals surface area contributed by atoms with Gasteiger partial charge in [-0.1, -0.05) is 65.9 Å². The lowest BCUT2D eigenvalue weighted by atomic mass is 9.93. The number of nitrogens with zero attached hydrogens (tertiary/aromatic N) is 2. The Hall–Kier alpha value is -4.63. The minimum atomic E-state index is -0.773. The predicted molar refractivity (Wildman–Crippen MR) is 158 cm³/mol. The third-order valence-electron chi connectivity index (χ3n) is 6.61. The number of aromatic nitrogens is 1. The zero-order valence-electron chi connectivity index (χ0n) is 23.2. The Morgan fingerprint density at radius 1 is 0.951 bits per heavy atom. The highest BCUT2D eigenvalue weighted by Gasteiger charge is 2.35. The van der Waals surface area contributed by atoms with E-state index in [1.54, 1.807) is 43.9 Å². The number of ether oxygens (including phenoxy) is 4. The summed E-state index contributed by atoms with van der Waals surface area (Å²) in [6.07, 6.45) is 1.78. The minimum Gasteiger partial charge on any atom is -0.497 e. The van der Waals surface area contributed by atoms with Gasteiger partial charge in [0.25, 0.3) is 5.56 Å². The van der Waals surface area contributed by atoms with Crippen LogP contribution in [0.1, 0.15) is 36.6 Å². The smallest absolute Gasteiger partial charge is 0.338 e. The molecule has 41 heavy (non-hydrogen) atoms. The molecule has 0 radical (unpaired) electrons. The Labute approximate surface area is 241 Å². The highest BCUT2D eigenvalue weighted by Crippen LogP contribution is 2.36. The summed E-state index contributed by atoms with van der Waals surface area (Å²) in [4.78, 5) is 33.1. The van der Waals surface area contributed by atoms with Gasteiger partial charge in [-0.05, 0) is 43.7 Å². The topological polar surface area (TPSA) is 88.4 Å². The number of para-hydroxylation sites is 1. The second-order valence-corrected chi connectivity index (χ2v) is 10.0. The van der Waals surface area contributed by atoms with Gasteiger partial charge in [-0.2, -0.15) is 0 Å². The van der Waals surface area contributed by atoms with Crippen LogP contribution in [0.25, 0.3) is 11.8 Å². The molecule has 0 saturated carbocycles. The molecular formula is C32H30N2O6S. The number of esters is 1. The first-order valence-corrected chi connectivity index (χ1v) is 14.0. The van der Waals surface area contributed by atoms with Gasteiger partial charge >= 0.3 is 5.97 Å². The lowest BCUT2D eigenvalue weighted by Crippen LogP contribution is -2.40. The van der Waals surface area contributed by atoms with Crippen LogP contribution in [0.15, 0.2) is 88.2 Å². The number of carbonyl (C=O) groups is 1. The molecule has 1 aliphatic rings. The molecule has 5 rings (SSSR count). The second-order valence-electron chi connectivity index (χ2n) is 9.02. The van der Waals surface area contributed by atoms with Crippen molar-refractivity contribution in [3.8, 4) is 17.2 Å². The maximum atomic E-state index is 14.1. The molecule has 4 aromatic rings. The van der Waals surface area contributed by atoms with Gasteiger partial charge in [0.05, 0.1) is 49.3 Å². The maximum absolute atomic E-state index is 14.1. The molecule has 0 bridgehead atoms. The standard InChI is InChI=1S/C32H30N2O6S/c1-5-39-29-22(13-10-14-24(29)38-4)19-25-30(35)34-28(21-15-17-23(37-3)18-16-21)26(31(36)40-6-2)27(33-32(34)41-25)20-11-8-7-9-12-20/h7-19,28H,5-6H2,1-4H3/b25-19-/t28-/m1/s1. The molecule has 2 heterocycles. The predicted octanol–water partition coefficient (Wildman–Crippen LogP) is 4.35. The molecule has 9 heteroatoms. The van der Waals surface area contributed by atoms with E-state index in [2.05, 4.69) is 0 Å². The fourth-order valence-electron chi connectivity index (χ4n) is 4.79. The highest BCUT2D eigenvalue weighted by atomic mass is 32.1. The molecule has 1 aliphatic heterocycles. The quantitative estimate of drug-likeness (QED) is 0.278. The van der Waals surface area contributed by atoms with Crippen molar-refractivity contribution in [1.29, 1.82) is 0 Å². The monoisotopic (exact) mass is 570 g/mol. The molecule has 0 unspecified atom stereocenters. The van der Waals surface area contributed by atoms with Crippen molar-refractivity contribution >= 4 is 29.1 Å². The van der Waals surface area contributed by atoms with Crippen molar-refractivity contribution in [3.05, 3.63) is 115 Å². The number of methoxy groups -OCH3 is 2. The summed E-state index contributed by atoms with van der Waals surface area (Å²) in [5, 5.41) is 0. The average molecular weight is 571 g/mol. The second kappa shape index (κ2) is 12.3. The van der Waals surface area contributed by atoms with Gasteiger partial charge in [0.15, 0.2) is 16.3 Å². The van der Waals surface area contributed by atoms with Crippen LogP contribution in [0.3, 0.4) is 0 Å². The van der Waals surface area contributed by atoms with Crippen LogP contribution >= 0.6 is 11.3 Å². The van der Waals surface area contributed by atoms with E-state index in [0.29, 0.717) is 50.0 Å². The van der Waals surface area contributed by atoms with Crippen LogP contribution in [0, 0.1) is 0 Å². The van der Waals surface area contributed by atoms with Gasteiger partial charge in [0.1, 0.15) is 5.75 Å². The Kier molecular flexibility index (Phi) is 8.35. The average Bonchev–Trinajstić information content (AvgIpc) is 3.32. The fourth-order valence-corrected chi connectivity index (χ4v) is 5.78. The van der Waals surface area contributed by atoms with Crippen LogP contribution in [-0.2, 0) is 9.53 Å². The van der Waals surface area contributed by atoms with Crippen LogP contribution < -0.4 is 29.1 Å². The normalized spacial score (nSPS) is 14.7. The van der Waals surface area contributed by atoms with E-state index < -0.39 is 12.0 Å². The fraction of sp³-hybridized carbons (Fsp3) is 0.219. The Morgan fingerprint density at radius 2 is 1.71 bits per heavy atom. The van der Waals surface area contributed by atoms with Crippen molar-refractivity contribution in [3.63, 3.8) is 0 Å². The third-order valence-corrected chi connectivity index (χ3v) is 7.59. The zero-order valence-corrected chi connectivity index (χ0v) is 24.1. The number of thiazole rings is 1. The number of benzene rings is 3. The van der Waals surface area contributed by atoms with E-state index in [1.807, 2.05) is 67.6 Å². The number of fused-ring (bicyclic) bond motifs is 1. The lowest BCUT2D eigenvalue weighted by molar-refractivity contribution is -0.138. The van der Waals surface area contributed by atoms with Crippen LogP contribution in [0.2, 0.25) is 0 Å². The molecule has 0 spiro atoms. The number of hydrogen-bond acceptors (Lipinski definition) is 8. The summed E-state index contributed by atoms with van der Waals surface area (Å²) in [6.45, 7) is 4.26. The molecule has 0 fully saturated rings. The molecule has 0 saturated heterocycles. The first kappa shape index (κ1) is 27.9. The highest BCUT2D eigenvalue weighted by molar-refractivity contribution is 7.07. The summed E-state index contributed by atoms with van der Waals surface area (Å²) in [5.74, 6) is 1.25. The van der Waals surface area contributed by atoms with Gasteiger partial charge in [-0.15, -0.1) is 0 Å². The number of rotatable bonds is 9. The summed E-state index contributed by atoms with van der Waals surface area (Å²) in [5.41, 5.74) is 2.64. The molecule has 1 aromatic heterocycles. The van der Waals surface area contributed by atoms with E-state index in [4.69, 9.17) is 23.9 Å². The van der Waals surface area contributed by atoms with Crippen LogP contribution in [0.5, 0.6) is 17.2 Å². The summed E-state index contributed by atoms with van der Waals surface area (Å²) >= 11 is 1.25. The lowest BCUT2D eigenvalue weighted by Gasteiger charge is -2.26. The molecule has 0 amide bonds. The van der Waals surface area contributed by atoms with E-state index in [9.17, 15) is 9.59 Å². The summed E-state index contributed by atoms with van der Waals surface area (Å²) < 4.78 is 24.3. The van der Waals surface area contributed by atoms with E-state index >= 15 is 0 Å². The van der Waals surface area contributed by atoms with E-state index in [0.717, 1.165) is 11.1 Å². The molecule has 1 atom stereocenters. The number of hydrogen-bond donors (Lipinski definition) is 0. The Morgan fingerprint density at radius 3 is 2.37 bits per heavy atom. The van der Waals surface area contributed by atoms with Gasteiger partial charge < -0.3 is 18.9 Å². The number of carbonyl (C=O) groups excluding carboxylic acids is 1. The largest absolute Gasteiger partial charge is 0.497 e. The van der Waals surface area contributed by atoms with Crippen molar-refractivity contribution in [2.24, 2.45) is 4.99 Å². The molecule has 0 N–H and O–H groups in total. The van der Waals surface area contributed by atoms with Gasteiger partial charge in [0, 0.05) is 11.1 Å². The SMILES string of the molecule is CCOC(=O)C1=C(c2ccccc2)N=c2s/c(=C\c3cccc(OC)c3OCC)c(=O)n2[C@@H]1c1ccc(OC)cc1. The first-order chi connectivity index (χ1) is 20.0.